The number of hydrogen-bond donors (Lipinski definition) is 0. The summed E-state index contributed by atoms with van der Waals surface area (Å²) in [6, 6.07) is 71.5. The summed E-state index contributed by atoms with van der Waals surface area (Å²) in [4.78, 5) is 16.1. The normalized spacial score (nSPS) is 11.8. The molecule has 0 saturated carbocycles. The zero-order valence-corrected chi connectivity index (χ0v) is 31.4. The monoisotopic (exact) mass is 735 g/mol. The highest BCUT2D eigenvalue weighted by Crippen LogP contribution is 2.44. The second-order valence-corrected chi connectivity index (χ2v) is 15.1. The smallest absolute Gasteiger partial charge is 0.0972 e. The number of fused-ring (bicyclic) bond motifs is 9. The number of nitrogens with zero attached hydrogens (tertiary/aromatic N) is 3. The summed E-state index contributed by atoms with van der Waals surface area (Å²) in [5.74, 6) is 0. The molecule has 0 spiro atoms. The maximum Gasteiger partial charge on any atom is 0.0972 e. The molecule has 0 bridgehead atoms. The van der Waals surface area contributed by atoms with E-state index in [0.717, 1.165) is 66.1 Å². The van der Waals surface area contributed by atoms with Gasteiger partial charge in [-0.2, -0.15) is 0 Å². The highest BCUT2D eigenvalue weighted by Gasteiger charge is 2.18. The SMILES string of the molecule is c1ccc(-c2c3ccccc3c(-c3ccc(-c4nc5ccccc5c5nc6c(ccc7ccc(-c8ccc9ccccc9c8)nc76)cc45)cc3)c3ccccc23)cc1. The Hall–Kier alpha value is -7.75. The summed E-state index contributed by atoms with van der Waals surface area (Å²) < 4.78 is 0. The molecule has 0 amide bonds. The first kappa shape index (κ1) is 32.5. The van der Waals surface area contributed by atoms with Gasteiger partial charge < -0.3 is 0 Å². The molecule has 3 nitrogen and oxygen atoms in total. The summed E-state index contributed by atoms with van der Waals surface area (Å²) in [7, 11) is 0. The van der Waals surface area contributed by atoms with Gasteiger partial charge in [0.05, 0.1) is 33.5 Å². The van der Waals surface area contributed by atoms with Gasteiger partial charge in [0.15, 0.2) is 0 Å². The van der Waals surface area contributed by atoms with Gasteiger partial charge in [0.25, 0.3) is 0 Å². The molecule has 12 rings (SSSR count). The van der Waals surface area contributed by atoms with E-state index in [4.69, 9.17) is 15.0 Å². The third-order valence-corrected chi connectivity index (χ3v) is 11.8. The molecule has 0 aliphatic heterocycles. The number of pyridine rings is 3. The lowest BCUT2D eigenvalue weighted by atomic mass is 9.86. The predicted octanol–water partition coefficient (Wildman–Crippen LogP) is 14.6. The van der Waals surface area contributed by atoms with Gasteiger partial charge in [-0.3, -0.25) is 0 Å². The van der Waals surface area contributed by atoms with E-state index >= 15 is 0 Å². The number of hydrogen-bond acceptors (Lipinski definition) is 3. The topological polar surface area (TPSA) is 38.7 Å². The summed E-state index contributed by atoms with van der Waals surface area (Å²) in [6.07, 6.45) is 0. The molecule has 3 heterocycles. The van der Waals surface area contributed by atoms with Crippen molar-refractivity contribution in [3.05, 3.63) is 200 Å². The molecule has 3 heteroatoms. The van der Waals surface area contributed by atoms with Crippen LogP contribution in [0.3, 0.4) is 0 Å². The third-order valence-electron chi connectivity index (χ3n) is 11.8. The zero-order chi connectivity index (χ0) is 38.2. The van der Waals surface area contributed by atoms with Crippen molar-refractivity contribution in [3.8, 4) is 44.8 Å². The van der Waals surface area contributed by atoms with E-state index in [-0.39, 0.29) is 0 Å². The van der Waals surface area contributed by atoms with Gasteiger partial charge >= 0.3 is 0 Å². The Labute approximate surface area is 334 Å². The van der Waals surface area contributed by atoms with Crippen molar-refractivity contribution in [1.29, 1.82) is 0 Å². The van der Waals surface area contributed by atoms with Gasteiger partial charge in [0.1, 0.15) is 0 Å². The Kier molecular flexibility index (Phi) is 7.23. The molecular formula is C55H33N3. The lowest BCUT2D eigenvalue weighted by Crippen LogP contribution is -1.95. The summed E-state index contributed by atoms with van der Waals surface area (Å²) in [5, 5.41) is 11.5. The predicted molar refractivity (Wildman–Crippen MR) is 244 cm³/mol. The van der Waals surface area contributed by atoms with Crippen LogP contribution >= 0.6 is 0 Å². The number of para-hydroxylation sites is 1. The van der Waals surface area contributed by atoms with Crippen LogP contribution in [0.4, 0.5) is 0 Å². The molecule has 0 unspecified atom stereocenters. The summed E-state index contributed by atoms with van der Waals surface area (Å²) >= 11 is 0. The lowest BCUT2D eigenvalue weighted by molar-refractivity contribution is 1.39. The molecule has 0 fully saturated rings. The van der Waals surface area contributed by atoms with Gasteiger partial charge in [0, 0.05) is 32.7 Å². The van der Waals surface area contributed by atoms with E-state index in [9.17, 15) is 0 Å². The van der Waals surface area contributed by atoms with Gasteiger partial charge in [-0.1, -0.05) is 176 Å². The fourth-order valence-electron chi connectivity index (χ4n) is 9.04. The number of aromatic nitrogens is 3. The fraction of sp³-hybridized carbons (Fsp3) is 0. The van der Waals surface area contributed by atoms with Crippen LogP contribution in [0.5, 0.6) is 0 Å². The van der Waals surface area contributed by atoms with E-state index in [1.54, 1.807) is 0 Å². The van der Waals surface area contributed by atoms with Crippen LogP contribution in [-0.2, 0) is 0 Å². The molecule has 268 valence electrons. The second-order valence-electron chi connectivity index (χ2n) is 15.1. The van der Waals surface area contributed by atoms with Crippen molar-refractivity contribution in [2.75, 3.05) is 0 Å². The molecule has 9 aromatic carbocycles. The Morgan fingerprint density at radius 2 is 0.776 bits per heavy atom. The van der Waals surface area contributed by atoms with E-state index < -0.39 is 0 Å². The van der Waals surface area contributed by atoms with Crippen LogP contribution in [0.2, 0.25) is 0 Å². The van der Waals surface area contributed by atoms with E-state index in [2.05, 4.69) is 200 Å². The molecule has 0 saturated heterocycles. The molecule has 0 atom stereocenters. The third kappa shape index (κ3) is 5.11. The van der Waals surface area contributed by atoms with Crippen LogP contribution in [-0.4, -0.2) is 15.0 Å². The maximum atomic E-state index is 5.47. The van der Waals surface area contributed by atoms with Crippen molar-refractivity contribution >= 4 is 75.9 Å². The van der Waals surface area contributed by atoms with Crippen molar-refractivity contribution in [2.24, 2.45) is 0 Å². The average Bonchev–Trinajstić information content (AvgIpc) is 3.30. The molecule has 0 aliphatic carbocycles. The standard InChI is InChI=1S/C55H33N3/c1-2-13-35(14-3-1)50-42-16-6-8-18-44(42)51(45-19-9-7-17-43(45)50)36-23-25-37(26-24-36)52-47-33-41-29-27-38-30-31-48(40-28-22-34-12-4-5-15-39(34)32-40)56-53(38)54(41)58-55(47)46-20-10-11-21-49(46)57-52/h1-33H. The molecule has 0 aliphatic rings. The van der Waals surface area contributed by atoms with Crippen LogP contribution in [0.1, 0.15) is 0 Å². The Morgan fingerprint density at radius 3 is 1.50 bits per heavy atom. The number of benzene rings is 9. The first-order valence-electron chi connectivity index (χ1n) is 19.8. The molecular weight excluding hydrogens is 703 g/mol. The van der Waals surface area contributed by atoms with Crippen LogP contribution in [0, 0.1) is 0 Å². The van der Waals surface area contributed by atoms with Crippen molar-refractivity contribution in [1.82, 2.24) is 15.0 Å². The minimum Gasteiger partial charge on any atom is -0.247 e. The molecule has 12 aromatic rings. The molecule has 0 radical (unpaired) electrons. The Morgan fingerprint density at radius 1 is 0.259 bits per heavy atom. The van der Waals surface area contributed by atoms with E-state index in [0.29, 0.717) is 0 Å². The first-order valence-corrected chi connectivity index (χ1v) is 19.8. The number of rotatable bonds is 4. The zero-order valence-electron chi connectivity index (χ0n) is 31.4. The lowest BCUT2D eigenvalue weighted by Gasteiger charge is -2.18. The van der Waals surface area contributed by atoms with E-state index in [1.165, 1.54) is 54.6 Å². The molecule has 58 heavy (non-hydrogen) atoms. The summed E-state index contributed by atoms with van der Waals surface area (Å²) in [6.45, 7) is 0. The van der Waals surface area contributed by atoms with Gasteiger partial charge in [-0.05, 0) is 78.8 Å². The maximum absolute atomic E-state index is 5.47. The quantitative estimate of drug-likeness (QED) is 0.133. The highest BCUT2D eigenvalue weighted by molar-refractivity contribution is 6.21. The van der Waals surface area contributed by atoms with Crippen LogP contribution < -0.4 is 0 Å². The highest BCUT2D eigenvalue weighted by atomic mass is 14.8. The molecule has 3 aromatic heterocycles. The minimum absolute atomic E-state index is 0.892. The average molecular weight is 736 g/mol. The van der Waals surface area contributed by atoms with Crippen molar-refractivity contribution in [2.45, 2.75) is 0 Å². The van der Waals surface area contributed by atoms with E-state index in [1.807, 2.05) is 0 Å². The second kappa shape index (κ2) is 12.9. The van der Waals surface area contributed by atoms with Crippen molar-refractivity contribution < 1.29 is 0 Å². The van der Waals surface area contributed by atoms with Gasteiger partial charge in [-0.25, -0.2) is 15.0 Å². The van der Waals surface area contributed by atoms with Gasteiger partial charge in [0.2, 0.25) is 0 Å². The fourth-order valence-corrected chi connectivity index (χ4v) is 9.04. The van der Waals surface area contributed by atoms with Crippen molar-refractivity contribution in [3.63, 3.8) is 0 Å². The first-order chi connectivity index (χ1) is 28.7. The Balaban J connectivity index is 1.03. The minimum atomic E-state index is 0.892. The van der Waals surface area contributed by atoms with Crippen LogP contribution in [0.25, 0.3) is 121 Å². The molecule has 0 N–H and O–H groups in total. The summed E-state index contributed by atoms with van der Waals surface area (Å²) in [5.41, 5.74) is 12.5. The van der Waals surface area contributed by atoms with Crippen LogP contribution in [0.15, 0.2) is 200 Å². The van der Waals surface area contributed by atoms with Gasteiger partial charge in [-0.15, -0.1) is 0 Å². The Bertz CT molecular complexity index is 3550. The largest absolute Gasteiger partial charge is 0.247 e.